The fraction of sp³-hybridized carbons (Fsp3) is 0.286. The fourth-order valence-corrected chi connectivity index (χ4v) is 6.21. The maximum atomic E-state index is 13.3. The second kappa shape index (κ2) is 10.8. The average molecular weight is 562 g/mol. The first kappa shape index (κ1) is 26.1. The molecule has 2 aliphatic heterocycles. The summed E-state index contributed by atoms with van der Waals surface area (Å²) in [6.07, 6.45) is 3.35. The number of morpholine rings is 1. The van der Waals surface area contributed by atoms with Gasteiger partial charge in [-0.05, 0) is 48.0 Å². The number of hydrogen-bond acceptors (Lipinski definition) is 9. The van der Waals surface area contributed by atoms with Gasteiger partial charge in [-0.3, -0.25) is 19.1 Å². The maximum absolute atomic E-state index is 13.3. The zero-order valence-electron chi connectivity index (χ0n) is 21.6. The number of aromatic nitrogens is 3. The molecule has 0 saturated carbocycles. The Balaban J connectivity index is 1.22. The van der Waals surface area contributed by atoms with Crippen LogP contribution >= 0.6 is 0 Å². The molecule has 0 aliphatic carbocycles. The van der Waals surface area contributed by atoms with E-state index in [0.29, 0.717) is 54.6 Å². The average Bonchev–Trinajstić information content (AvgIpc) is 3.13. The van der Waals surface area contributed by atoms with E-state index in [2.05, 4.69) is 10.3 Å². The number of anilines is 1. The number of rotatable bonds is 5. The van der Waals surface area contributed by atoms with E-state index in [1.807, 2.05) is 23.1 Å². The van der Waals surface area contributed by atoms with Crippen molar-refractivity contribution in [3.8, 4) is 5.82 Å². The van der Waals surface area contributed by atoms with Gasteiger partial charge >= 0.3 is 0 Å². The summed E-state index contributed by atoms with van der Waals surface area (Å²) in [6, 6.07) is 13.6. The molecule has 0 spiro atoms. The van der Waals surface area contributed by atoms with Gasteiger partial charge in [0.1, 0.15) is 11.5 Å². The van der Waals surface area contributed by atoms with E-state index in [1.54, 1.807) is 36.7 Å². The molecule has 2 aliphatic rings. The molecular formula is C28H27N5O6S. The molecule has 4 aromatic rings. The number of hydrogen-bond donors (Lipinski definition) is 1. The molecule has 5 heterocycles. The van der Waals surface area contributed by atoms with Gasteiger partial charge < -0.3 is 19.7 Å². The van der Waals surface area contributed by atoms with Crippen LogP contribution in [0.25, 0.3) is 16.7 Å². The Morgan fingerprint density at radius 1 is 1.02 bits per heavy atom. The lowest BCUT2D eigenvalue weighted by Gasteiger charge is -2.28. The highest BCUT2D eigenvalue weighted by atomic mass is 32.2. The van der Waals surface area contributed by atoms with Crippen molar-refractivity contribution in [2.45, 2.75) is 18.0 Å². The van der Waals surface area contributed by atoms with E-state index in [-0.39, 0.29) is 41.5 Å². The number of ether oxygens (including phenoxy) is 2. The molecule has 6 rings (SSSR count). The van der Waals surface area contributed by atoms with Crippen LogP contribution in [-0.4, -0.2) is 67.5 Å². The molecule has 40 heavy (non-hydrogen) atoms. The summed E-state index contributed by atoms with van der Waals surface area (Å²) in [5, 5.41) is 3.59. The lowest BCUT2D eigenvalue weighted by Crippen LogP contribution is -2.40. The highest BCUT2D eigenvalue weighted by molar-refractivity contribution is 7.91. The molecule has 1 amide bonds. The number of fused-ring (bicyclic) bond motifs is 2. The first-order chi connectivity index (χ1) is 19.4. The molecule has 1 aromatic carbocycles. The SMILES string of the molecule is O=C(NCc1cc2nc(-n3cccc(N4CCOCC4)c3=O)ccc2cn1)c1ccc2c(c1)S(=O)(=O)CCOC2. The number of sulfone groups is 1. The molecular weight excluding hydrogens is 534 g/mol. The number of pyridine rings is 3. The largest absolute Gasteiger partial charge is 0.378 e. The van der Waals surface area contributed by atoms with Crippen LogP contribution in [-0.2, 0) is 32.5 Å². The van der Waals surface area contributed by atoms with Gasteiger partial charge in [-0.2, -0.15) is 0 Å². The van der Waals surface area contributed by atoms with Crippen molar-refractivity contribution >= 4 is 32.3 Å². The summed E-state index contributed by atoms with van der Waals surface area (Å²) in [5.41, 5.74) is 2.41. The minimum absolute atomic E-state index is 0.111. The first-order valence-corrected chi connectivity index (χ1v) is 14.6. The molecule has 11 nitrogen and oxygen atoms in total. The van der Waals surface area contributed by atoms with Gasteiger partial charge in [-0.1, -0.05) is 6.07 Å². The van der Waals surface area contributed by atoms with Crippen LogP contribution in [0.2, 0.25) is 0 Å². The smallest absolute Gasteiger partial charge is 0.279 e. The summed E-state index contributed by atoms with van der Waals surface area (Å²) in [7, 11) is -3.52. The van der Waals surface area contributed by atoms with Crippen LogP contribution < -0.4 is 15.8 Å². The fourth-order valence-electron chi connectivity index (χ4n) is 4.82. The van der Waals surface area contributed by atoms with Gasteiger partial charge in [-0.15, -0.1) is 0 Å². The monoisotopic (exact) mass is 561 g/mol. The maximum Gasteiger partial charge on any atom is 0.279 e. The Morgan fingerprint density at radius 3 is 2.73 bits per heavy atom. The van der Waals surface area contributed by atoms with Gasteiger partial charge in [0, 0.05) is 36.4 Å². The molecule has 1 N–H and O–H groups in total. The van der Waals surface area contributed by atoms with Gasteiger partial charge in [0.2, 0.25) is 0 Å². The summed E-state index contributed by atoms with van der Waals surface area (Å²) < 4.78 is 37.4. The predicted molar refractivity (Wildman–Crippen MR) is 147 cm³/mol. The molecule has 1 fully saturated rings. The number of benzene rings is 1. The van der Waals surface area contributed by atoms with Crippen molar-refractivity contribution in [3.63, 3.8) is 0 Å². The van der Waals surface area contributed by atoms with Gasteiger partial charge in [-0.25, -0.2) is 13.4 Å². The standard InChI is InChI=1S/C28H27N5O6S/c34-27(19-3-4-21-18-39-12-13-40(36,37)25(21)14-19)30-17-22-15-23-20(16-29-22)5-6-26(31-23)33-7-1-2-24(28(33)35)32-8-10-38-11-9-32/h1-7,14-16H,8-13,17-18H2,(H,30,34). The van der Waals surface area contributed by atoms with E-state index in [1.165, 1.54) is 10.6 Å². The number of nitrogens with one attached hydrogen (secondary N) is 1. The molecule has 206 valence electrons. The number of carbonyl (C=O) groups excluding carboxylic acids is 1. The van der Waals surface area contributed by atoms with Gasteiger partial charge in [0.15, 0.2) is 9.84 Å². The molecule has 0 radical (unpaired) electrons. The quantitative estimate of drug-likeness (QED) is 0.388. The van der Waals surface area contributed by atoms with Crippen molar-refractivity contribution in [1.82, 2.24) is 19.9 Å². The van der Waals surface area contributed by atoms with Gasteiger partial charge in [0.25, 0.3) is 11.5 Å². The van der Waals surface area contributed by atoms with Crippen LogP contribution in [0.15, 0.2) is 70.6 Å². The van der Waals surface area contributed by atoms with E-state index in [0.717, 1.165) is 5.39 Å². The zero-order valence-corrected chi connectivity index (χ0v) is 22.4. The number of carbonyl (C=O) groups is 1. The zero-order chi connectivity index (χ0) is 27.7. The number of amides is 1. The Morgan fingerprint density at radius 2 is 1.88 bits per heavy atom. The van der Waals surface area contributed by atoms with E-state index in [4.69, 9.17) is 14.5 Å². The highest BCUT2D eigenvalue weighted by Gasteiger charge is 2.24. The normalized spacial score (nSPS) is 16.8. The summed E-state index contributed by atoms with van der Waals surface area (Å²) in [6.45, 7) is 2.89. The van der Waals surface area contributed by atoms with Crippen molar-refractivity contribution in [1.29, 1.82) is 0 Å². The van der Waals surface area contributed by atoms with Crippen LogP contribution in [0.1, 0.15) is 21.6 Å². The van der Waals surface area contributed by atoms with Crippen molar-refractivity contribution in [2.75, 3.05) is 43.6 Å². The molecule has 12 heteroatoms. The third kappa shape index (κ3) is 5.20. The Labute approximate surface area is 230 Å². The van der Waals surface area contributed by atoms with Gasteiger partial charge in [0.05, 0.1) is 54.8 Å². The summed E-state index contributed by atoms with van der Waals surface area (Å²) in [4.78, 5) is 37.4. The predicted octanol–water partition coefficient (Wildman–Crippen LogP) is 1.85. The summed E-state index contributed by atoms with van der Waals surface area (Å²) in [5.74, 6) is -0.0627. The molecule has 0 bridgehead atoms. The third-order valence-corrected chi connectivity index (χ3v) is 8.74. The highest BCUT2D eigenvalue weighted by Crippen LogP contribution is 2.23. The lowest BCUT2D eigenvalue weighted by atomic mass is 10.1. The van der Waals surface area contributed by atoms with Crippen LogP contribution in [0.3, 0.4) is 0 Å². The Bertz CT molecular complexity index is 1770. The molecule has 0 unspecified atom stereocenters. The summed E-state index contributed by atoms with van der Waals surface area (Å²) >= 11 is 0. The molecule has 1 saturated heterocycles. The van der Waals surface area contributed by atoms with Crippen LogP contribution in [0, 0.1) is 0 Å². The van der Waals surface area contributed by atoms with Crippen LogP contribution in [0.4, 0.5) is 5.69 Å². The van der Waals surface area contributed by atoms with Crippen molar-refractivity contribution in [3.05, 3.63) is 88.1 Å². The second-order valence-electron chi connectivity index (χ2n) is 9.58. The van der Waals surface area contributed by atoms with Crippen LogP contribution in [0.5, 0.6) is 0 Å². The molecule has 0 atom stereocenters. The second-order valence-corrected chi connectivity index (χ2v) is 11.7. The Hall–Kier alpha value is -4.13. The Kier molecular flexibility index (Phi) is 7.05. The minimum Gasteiger partial charge on any atom is -0.378 e. The topological polar surface area (TPSA) is 133 Å². The van der Waals surface area contributed by atoms with Crippen molar-refractivity contribution in [2.24, 2.45) is 0 Å². The van der Waals surface area contributed by atoms with E-state index in [9.17, 15) is 18.0 Å². The van der Waals surface area contributed by atoms with E-state index >= 15 is 0 Å². The van der Waals surface area contributed by atoms with E-state index < -0.39 is 15.7 Å². The van der Waals surface area contributed by atoms with Crippen molar-refractivity contribution < 1.29 is 22.7 Å². The minimum atomic E-state index is -3.52. The first-order valence-electron chi connectivity index (χ1n) is 12.9. The molecule has 3 aromatic heterocycles. The number of nitrogens with zero attached hydrogens (tertiary/aromatic N) is 4. The lowest BCUT2D eigenvalue weighted by molar-refractivity contribution is 0.0950. The third-order valence-electron chi connectivity index (χ3n) is 6.99.